The molecule has 0 unspecified atom stereocenters. The Balaban J connectivity index is 1.89. The highest BCUT2D eigenvalue weighted by Crippen LogP contribution is 2.10. The van der Waals surface area contributed by atoms with Gasteiger partial charge in [0.1, 0.15) is 12.6 Å². The molecule has 2 N–H and O–H groups in total. The van der Waals surface area contributed by atoms with E-state index in [2.05, 4.69) is 5.32 Å². The molecule has 2 rings (SSSR count). The Bertz CT molecular complexity index is 768. The van der Waals surface area contributed by atoms with Gasteiger partial charge in [0.25, 0.3) is 0 Å². The predicted molar refractivity (Wildman–Crippen MR) is 90.5 cm³/mol. The minimum atomic E-state index is -1.16. The van der Waals surface area contributed by atoms with Gasteiger partial charge in [0.15, 0.2) is 0 Å². The number of ether oxygens (including phenoxy) is 1. The third-order valence-corrected chi connectivity index (χ3v) is 3.54. The molecule has 0 aromatic heterocycles. The quantitative estimate of drug-likeness (QED) is 0.766. The second-order valence-electron chi connectivity index (χ2n) is 5.41. The normalized spacial score (nSPS) is 11.3. The number of rotatable bonds is 8. The fourth-order valence-electron chi connectivity index (χ4n) is 2.30. The molecule has 6 nitrogen and oxygen atoms in total. The van der Waals surface area contributed by atoms with Crippen LogP contribution in [0, 0.1) is 11.3 Å². The average molecular weight is 338 g/mol. The average Bonchev–Trinajstić information content (AvgIpc) is 2.62. The van der Waals surface area contributed by atoms with E-state index in [0.717, 1.165) is 5.56 Å². The van der Waals surface area contributed by atoms with E-state index >= 15 is 0 Å². The number of amides is 1. The Morgan fingerprint density at radius 1 is 1.12 bits per heavy atom. The number of hydrogen-bond acceptors (Lipinski definition) is 4. The van der Waals surface area contributed by atoms with Gasteiger partial charge < -0.3 is 15.2 Å². The number of carbonyl (C=O) groups is 2. The van der Waals surface area contributed by atoms with Gasteiger partial charge in [0.05, 0.1) is 18.2 Å². The van der Waals surface area contributed by atoms with Crippen molar-refractivity contribution in [1.82, 2.24) is 5.32 Å². The Morgan fingerprint density at radius 2 is 1.80 bits per heavy atom. The molecule has 0 aliphatic carbocycles. The summed E-state index contributed by atoms with van der Waals surface area (Å²) in [6, 6.07) is 17.0. The minimum Gasteiger partial charge on any atom is -0.480 e. The van der Waals surface area contributed by atoms with Crippen molar-refractivity contribution in [3.05, 3.63) is 71.3 Å². The summed E-state index contributed by atoms with van der Waals surface area (Å²) in [6.45, 7) is 0.0296. The number of nitrogens with one attached hydrogen (secondary N) is 1. The summed E-state index contributed by atoms with van der Waals surface area (Å²) in [5.41, 5.74) is 1.89. The molecule has 0 saturated heterocycles. The van der Waals surface area contributed by atoms with Crippen LogP contribution < -0.4 is 5.32 Å². The minimum absolute atomic E-state index is 0.0312. The Labute approximate surface area is 145 Å². The SMILES string of the molecule is N#Cc1ccccc1C[C@H](NC(=O)COCc1ccccc1)C(=O)O. The fraction of sp³-hybridized carbons (Fsp3) is 0.211. The van der Waals surface area contributed by atoms with Gasteiger partial charge >= 0.3 is 5.97 Å². The number of carboxylic acids is 1. The molecular formula is C19H18N2O4. The lowest BCUT2D eigenvalue weighted by Crippen LogP contribution is -2.44. The van der Waals surface area contributed by atoms with Gasteiger partial charge in [-0.05, 0) is 17.2 Å². The van der Waals surface area contributed by atoms with Crippen LogP contribution in [0.2, 0.25) is 0 Å². The smallest absolute Gasteiger partial charge is 0.326 e. The van der Waals surface area contributed by atoms with E-state index in [0.29, 0.717) is 11.1 Å². The maximum Gasteiger partial charge on any atom is 0.326 e. The first-order valence-electron chi connectivity index (χ1n) is 7.72. The van der Waals surface area contributed by atoms with Crippen LogP contribution in [0.15, 0.2) is 54.6 Å². The van der Waals surface area contributed by atoms with Gasteiger partial charge in [-0.2, -0.15) is 5.26 Å². The summed E-state index contributed by atoms with van der Waals surface area (Å²) in [5.74, 6) is -1.68. The molecule has 1 atom stereocenters. The molecule has 0 aliphatic rings. The van der Waals surface area contributed by atoms with Crippen LogP contribution in [0.4, 0.5) is 0 Å². The Morgan fingerprint density at radius 3 is 2.48 bits per heavy atom. The van der Waals surface area contributed by atoms with Crippen LogP contribution in [0.1, 0.15) is 16.7 Å². The van der Waals surface area contributed by atoms with Crippen LogP contribution in [0.5, 0.6) is 0 Å². The van der Waals surface area contributed by atoms with Crippen molar-refractivity contribution in [3.8, 4) is 6.07 Å². The Hall–Kier alpha value is -3.17. The first-order chi connectivity index (χ1) is 12.1. The number of hydrogen-bond donors (Lipinski definition) is 2. The van der Waals surface area contributed by atoms with E-state index in [-0.39, 0.29) is 19.6 Å². The standard InChI is InChI=1S/C19H18N2O4/c20-11-16-9-5-4-8-15(16)10-17(19(23)24)21-18(22)13-25-12-14-6-2-1-3-7-14/h1-9,17H,10,12-13H2,(H,21,22)(H,23,24)/t17-/m0/s1. The molecule has 0 heterocycles. The molecule has 0 saturated carbocycles. The number of nitrogens with zero attached hydrogens (tertiary/aromatic N) is 1. The fourth-order valence-corrected chi connectivity index (χ4v) is 2.30. The third kappa shape index (κ3) is 5.75. The summed E-state index contributed by atoms with van der Waals surface area (Å²) < 4.78 is 5.30. The molecule has 0 spiro atoms. The monoisotopic (exact) mass is 338 g/mol. The second-order valence-corrected chi connectivity index (χ2v) is 5.41. The highest BCUT2D eigenvalue weighted by Gasteiger charge is 2.21. The van der Waals surface area contributed by atoms with Crippen molar-refractivity contribution in [3.63, 3.8) is 0 Å². The number of nitriles is 1. The highest BCUT2D eigenvalue weighted by molar-refractivity contribution is 5.84. The molecule has 6 heteroatoms. The first kappa shape index (κ1) is 18.2. The molecule has 2 aromatic carbocycles. The largest absolute Gasteiger partial charge is 0.480 e. The highest BCUT2D eigenvalue weighted by atomic mass is 16.5. The van der Waals surface area contributed by atoms with Crippen molar-refractivity contribution in [2.75, 3.05) is 6.61 Å². The van der Waals surface area contributed by atoms with E-state index in [4.69, 9.17) is 10.00 Å². The number of aliphatic carboxylic acids is 1. The molecule has 25 heavy (non-hydrogen) atoms. The molecule has 128 valence electrons. The van der Waals surface area contributed by atoms with Crippen LogP contribution >= 0.6 is 0 Å². The zero-order valence-corrected chi connectivity index (χ0v) is 13.5. The first-order valence-corrected chi connectivity index (χ1v) is 7.72. The molecule has 2 aromatic rings. The zero-order chi connectivity index (χ0) is 18.1. The number of carbonyl (C=O) groups excluding carboxylic acids is 1. The van der Waals surface area contributed by atoms with Crippen molar-refractivity contribution in [1.29, 1.82) is 5.26 Å². The van der Waals surface area contributed by atoms with E-state index < -0.39 is 17.9 Å². The van der Waals surface area contributed by atoms with E-state index in [1.54, 1.807) is 24.3 Å². The van der Waals surface area contributed by atoms with E-state index in [1.165, 1.54) is 0 Å². The second kappa shape index (κ2) is 9.21. The zero-order valence-electron chi connectivity index (χ0n) is 13.5. The van der Waals surface area contributed by atoms with E-state index in [1.807, 2.05) is 36.4 Å². The lowest BCUT2D eigenvalue weighted by molar-refractivity contribution is -0.142. The van der Waals surface area contributed by atoms with Crippen molar-refractivity contribution < 1.29 is 19.4 Å². The third-order valence-electron chi connectivity index (χ3n) is 3.54. The van der Waals surface area contributed by atoms with Crippen molar-refractivity contribution >= 4 is 11.9 Å². The molecule has 0 aliphatic heterocycles. The molecule has 0 bridgehead atoms. The van der Waals surface area contributed by atoms with Crippen molar-refractivity contribution in [2.24, 2.45) is 0 Å². The molecule has 0 fully saturated rings. The van der Waals surface area contributed by atoms with Crippen LogP contribution in [0.3, 0.4) is 0 Å². The summed E-state index contributed by atoms with van der Waals surface area (Å²) in [5, 5.41) is 20.8. The summed E-state index contributed by atoms with van der Waals surface area (Å²) in [6.07, 6.45) is 0.0312. The molecular weight excluding hydrogens is 320 g/mol. The number of benzene rings is 2. The van der Waals surface area contributed by atoms with Crippen LogP contribution in [0.25, 0.3) is 0 Å². The van der Waals surface area contributed by atoms with Crippen LogP contribution in [-0.2, 0) is 27.4 Å². The topological polar surface area (TPSA) is 99.4 Å². The molecule has 0 radical (unpaired) electrons. The number of carboxylic acid groups (broad SMARTS) is 1. The molecule has 1 amide bonds. The Kier molecular flexibility index (Phi) is 6.69. The summed E-state index contributed by atoms with van der Waals surface area (Å²) in [4.78, 5) is 23.3. The predicted octanol–water partition coefficient (Wildman–Crippen LogP) is 1.89. The maximum absolute atomic E-state index is 11.9. The lowest BCUT2D eigenvalue weighted by Gasteiger charge is -2.15. The summed E-state index contributed by atoms with van der Waals surface area (Å²) in [7, 11) is 0. The summed E-state index contributed by atoms with van der Waals surface area (Å²) >= 11 is 0. The van der Waals surface area contributed by atoms with Gasteiger partial charge in [-0.1, -0.05) is 48.5 Å². The lowest BCUT2D eigenvalue weighted by atomic mass is 10.0. The van der Waals surface area contributed by atoms with Gasteiger partial charge in [-0.15, -0.1) is 0 Å². The van der Waals surface area contributed by atoms with Gasteiger partial charge in [0, 0.05) is 6.42 Å². The van der Waals surface area contributed by atoms with Gasteiger partial charge in [-0.25, -0.2) is 4.79 Å². The van der Waals surface area contributed by atoms with Crippen LogP contribution in [-0.4, -0.2) is 29.6 Å². The van der Waals surface area contributed by atoms with Gasteiger partial charge in [0.2, 0.25) is 5.91 Å². The van der Waals surface area contributed by atoms with Crippen molar-refractivity contribution in [2.45, 2.75) is 19.1 Å². The maximum atomic E-state index is 11.9. The van der Waals surface area contributed by atoms with E-state index in [9.17, 15) is 14.7 Å². The van der Waals surface area contributed by atoms with Gasteiger partial charge in [-0.3, -0.25) is 4.79 Å².